The number of anilines is 4. The Morgan fingerprint density at radius 3 is 1.85 bits per heavy atom. The fraction of sp³-hybridized carbons (Fsp3) is 0.271. The van der Waals surface area contributed by atoms with Gasteiger partial charge in [0.1, 0.15) is 24.0 Å². The van der Waals surface area contributed by atoms with Crippen LogP contribution in [0.5, 0.6) is 11.5 Å². The predicted octanol–water partition coefficient (Wildman–Crippen LogP) is 13.1. The van der Waals surface area contributed by atoms with Crippen molar-refractivity contribution in [2.45, 2.75) is 78.6 Å². The molecule has 0 saturated carbocycles. The maximum atomic E-state index is 6.70. The lowest BCUT2D eigenvalue weighted by atomic mass is 9.78. The normalized spacial score (nSPS) is 13.6. The van der Waals surface area contributed by atoms with Crippen molar-refractivity contribution in [1.29, 1.82) is 0 Å². The van der Waals surface area contributed by atoms with Crippen LogP contribution in [0.2, 0.25) is 0 Å². The minimum atomic E-state index is -0.0228. The van der Waals surface area contributed by atoms with Crippen molar-refractivity contribution in [3.8, 4) is 17.3 Å². The van der Waals surface area contributed by atoms with Gasteiger partial charge in [-0.25, -0.2) is 4.98 Å². The Kier molecular flexibility index (Phi) is 8.17. The Morgan fingerprint density at radius 2 is 1.15 bits per heavy atom. The van der Waals surface area contributed by atoms with Crippen LogP contribution in [0.15, 0.2) is 128 Å². The smallest absolute Gasteiger partial charge is 0.137 e. The summed E-state index contributed by atoms with van der Waals surface area (Å²) < 4.78 is 8.97. The molecule has 1 aliphatic heterocycles. The molecule has 7 aromatic rings. The third-order valence-corrected chi connectivity index (χ3v) is 10.5. The predicted molar refractivity (Wildman–Crippen MR) is 223 cm³/mol. The molecular weight excluding hydrogens is 649 g/mol. The molecule has 0 unspecified atom stereocenters. The summed E-state index contributed by atoms with van der Waals surface area (Å²) in [6.07, 6.45) is 1.92. The maximum absolute atomic E-state index is 6.70. The van der Waals surface area contributed by atoms with E-state index in [1.165, 1.54) is 44.5 Å². The first kappa shape index (κ1) is 34.5. The zero-order valence-electron chi connectivity index (χ0n) is 32.5. The molecule has 8 rings (SSSR count). The lowest BCUT2D eigenvalue weighted by Crippen LogP contribution is -2.29. The molecule has 0 fully saturated rings. The van der Waals surface area contributed by atoms with Gasteiger partial charge in [-0.2, -0.15) is 0 Å². The summed E-state index contributed by atoms with van der Waals surface area (Å²) >= 11 is 0. The van der Waals surface area contributed by atoms with Gasteiger partial charge >= 0.3 is 0 Å². The van der Waals surface area contributed by atoms with Crippen LogP contribution >= 0.6 is 0 Å². The Balaban J connectivity index is 1.18. The van der Waals surface area contributed by atoms with Crippen LogP contribution in [0.4, 0.5) is 22.7 Å². The maximum Gasteiger partial charge on any atom is 0.137 e. The largest absolute Gasteiger partial charge is 0.457 e. The number of ether oxygens (including phenoxy) is 1. The van der Waals surface area contributed by atoms with Crippen molar-refractivity contribution in [3.05, 3.63) is 144 Å². The molecule has 0 saturated heterocycles. The zero-order valence-corrected chi connectivity index (χ0v) is 32.5. The minimum absolute atomic E-state index is 0.00742. The van der Waals surface area contributed by atoms with Gasteiger partial charge in [0, 0.05) is 34.8 Å². The first-order chi connectivity index (χ1) is 25.2. The van der Waals surface area contributed by atoms with Gasteiger partial charge in [0.25, 0.3) is 0 Å². The van der Waals surface area contributed by atoms with Crippen molar-refractivity contribution in [2.75, 3.05) is 16.5 Å². The summed E-state index contributed by atoms with van der Waals surface area (Å²) in [5.74, 6) is 2.48. The van der Waals surface area contributed by atoms with E-state index in [1.807, 2.05) is 12.3 Å². The number of aromatic nitrogens is 2. The molecule has 5 aromatic carbocycles. The average Bonchev–Trinajstić information content (AvgIpc) is 3.66. The van der Waals surface area contributed by atoms with E-state index in [4.69, 9.17) is 9.72 Å². The highest BCUT2D eigenvalue weighted by Gasteiger charge is 2.35. The molecule has 0 aliphatic carbocycles. The number of pyridine rings is 1. The quantitative estimate of drug-likeness (QED) is 0.179. The molecule has 5 nitrogen and oxygen atoms in total. The van der Waals surface area contributed by atoms with Gasteiger partial charge in [0.05, 0.1) is 28.1 Å². The first-order valence-electron chi connectivity index (χ1n) is 18.7. The Morgan fingerprint density at radius 1 is 0.528 bits per heavy atom. The van der Waals surface area contributed by atoms with Crippen molar-refractivity contribution in [1.82, 2.24) is 9.55 Å². The van der Waals surface area contributed by atoms with Gasteiger partial charge in [-0.1, -0.05) is 117 Å². The molecule has 0 amide bonds. The van der Waals surface area contributed by atoms with Crippen molar-refractivity contribution >= 4 is 44.6 Å². The summed E-state index contributed by atoms with van der Waals surface area (Å²) in [5.41, 5.74) is 10.9. The highest BCUT2D eigenvalue weighted by atomic mass is 16.5. The van der Waals surface area contributed by atoms with E-state index < -0.39 is 0 Å². The molecule has 1 aliphatic rings. The number of para-hydroxylation sites is 4. The Bertz CT molecular complexity index is 2460. The molecule has 3 heterocycles. The third kappa shape index (κ3) is 6.22. The van der Waals surface area contributed by atoms with E-state index in [-0.39, 0.29) is 16.2 Å². The summed E-state index contributed by atoms with van der Waals surface area (Å²) in [7, 11) is 0. The van der Waals surface area contributed by atoms with Crippen LogP contribution < -0.4 is 14.5 Å². The molecule has 0 bridgehead atoms. The van der Waals surface area contributed by atoms with Gasteiger partial charge < -0.3 is 14.5 Å². The van der Waals surface area contributed by atoms with E-state index in [0.29, 0.717) is 6.67 Å². The molecule has 5 heteroatoms. The van der Waals surface area contributed by atoms with Crippen LogP contribution in [0.1, 0.15) is 79.0 Å². The number of hydrogen-bond donors (Lipinski definition) is 0. The van der Waals surface area contributed by atoms with E-state index in [9.17, 15) is 0 Å². The van der Waals surface area contributed by atoms with Crippen LogP contribution in [0, 0.1) is 0 Å². The zero-order chi connectivity index (χ0) is 37.3. The summed E-state index contributed by atoms with van der Waals surface area (Å²) in [4.78, 5) is 9.78. The summed E-state index contributed by atoms with van der Waals surface area (Å²) in [6, 6.07) is 43.4. The number of rotatable bonds is 5. The van der Waals surface area contributed by atoms with Crippen LogP contribution in [0.25, 0.3) is 27.6 Å². The van der Waals surface area contributed by atoms with Crippen LogP contribution in [-0.2, 0) is 16.2 Å². The lowest BCUT2D eigenvalue weighted by Gasteiger charge is -2.35. The fourth-order valence-corrected chi connectivity index (χ4v) is 7.79. The van der Waals surface area contributed by atoms with Gasteiger partial charge in [0.15, 0.2) is 0 Å². The monoisotopic (exact) mass is 698 g/mol. The third-order valence-electron chi connectivity index (χ3n) is 10.5. The van der Waals surface area contributed by atoms with Gasteiger partial charge in [-0.05, 0) is 87.5 Å². The second-order valence-corrected chi connectivity index (χ2v) is 17.5. The first-order valence-corrected chi connectivity index (χ1v) is 18.7. The van der Waals surface area contributed by atoms with Crippen molar-refractivity contribution in [2.24, 2.45) is 0 Å². The summed E-state index contributed by atoms with van der Waals surface area (Å²) in [5, 5.41) is 2.36. The number of nitrogens with zero attached hydrogens (tertiary/aromatic N) is 4. The van der Waals surface area contributed by atoms with E-state index in [1.54, 1.807) is 0 Å². The van der Waals surface area contributed by atoms with E-state index in [2.05, 4.69) is 192 Å². The van der Waals surface area contributed by atoms with Gasteiger partial charge in [-0.3, -0.25) is 4.57 Å². The number of hydrogen-bond acceptors (Lipinski definition) is 4. The number of fused-ring (bicyclic) bond motifs is 4. The topological polar surface area (TPSA) is 33.5 Å². The summed E-state index contributed by atoms with van der Waals surface area (Å²) in [6.45, 7) is 21.3. The molecular formula is C48H50N4O. The molecule has 53 heavy (non-hydrogen) atoms. The van der Waals surface area contributed by atoms with E-state index >= 15 is 0 Å². The average molecular weight is 699 g/mol. The molecule has 0 N–H and O–H groups in total. The second kappa shape index (κ2) is 12.5. The lowest BCUT2D eigenvalue weighted by molar-refractivity contribution is 0.483. The standard InChI is InChI=1S/C48H50N4O/c1-46(2,3)32-26-27-49-44(28-32)52-40-21-11-10-18-36(40)37-25-24-35(30-43(37)52)53-34-17-14-16-33(29-34)50-31-51(42-23-13-12-22-41(42)50)45-38(47(4,5)6)19-15-20-39(45)48(7,8)9/h10-30H,31H2,1-9H3. The van der Waals surface area contributed by atoms with Gasteiger partial charge in [-0.15, -0.1) is 0 Å². The highest BCUT2D eigenvalue weighted by Crippen LogP contribution is 2.50. The van der Waals surface area contributed by atoms with Crippen LogP contribution in [0.3, 0.4) is 0 Å². The second-order valence-electron chi connectivity index (χ2n) is 17.5. The highest BCUT2D eigenvalue weighted by molar-refractivity contribution is 6.09. The van der Waals surface area contributed by atoms with Crippen molar-refractivity contribution < 1.29 is 4.74 Å². The molecule has 0 radical (unpaired) electrons. The molecule has 0 spiro atoms. The van der Waals surface area contributed by atoms with Gasteiger partial charge in [0.2, 0.25) is 0 Å². The molecule has 0 atom stereocenters. The van der Waals surface area contributed by atoms with E-state index in [0.717, 1.165) is 34.0 Å². The SMILES string of the molecule is CC(C)(C)c1ccnc(-n2c3ccccc3c3ccc(Oc4cccc(N5CN(c6c(C(C)(C)C)cccc6C(C)(C)C)c6ccccc65)c4)cc32)c1. The minimum Gasteiger partial charge on any atom is -0.457 e. The molecule has 268 valence electrons. The fourth-order valence-electron chi connectivity index (χ4n) is 7.79. The number of benzene rings is 5. The van der Waals surface area contributed by atoms with Crippen LogP contribution in [-0.4, -0.2) is 16.2 Å². The van der Waals surface area contributed by atoms with Crippen molar-refractivity contribution in [3.63, 3.8) is 0 Å². The Hall–Kier alpha value is -5.55. The Labute approximate surface area is 314 Å². The molecule has 2 aromatic heterocycles.